The van der Waals surface area contributed by atoms with Crippen molar-refractivity contribution in [3.8, 4) is 5.75 Å². The molecule has 4 heteroatoms. The van der Waals surface area contributed by atoms with E-state index in [9.17, 15) is 0 Å². The lowest BCUT2D eigenvalue weighted by atomic mass is 10.3. The molecule has 0 saturated heterocycles. The zero-order chi connectivity index (χ0) is 8.32. The molecule has 1 radical (unpaired) electrons. The van der Waals surface area contributed by atoms with Crippen LogP contribution in [0.15, 0.2) is 24.3 Å². The highest BCUT2D eigenvalue weighted by Crippen LogP contribution is 2.35. The minimum absolute atomic E-state index is 0.665. The summed E-state index contributed by atoms with van der Waals surface area (Å²) in [6.07, 6.45) is 0. The number of rotatable bonds is 1. The molecule has 0 unspecified atom stereocenters. The summed E-state index contributed by atoms with van der Waals surface area (Å²) < 4.78 is 4.61. The second-order valence-electron chi connectivity index (χ2n) is 1.77. The molecule has 0 N–H and O–H groups in total. The SMILES string of the molecule is BrC(Br)(Br)Oc1[c]cccc1. The lowest BCUT2D eigenvalue weighted by Crippen LogP contribution is -2.09. The van der Waals surface area contributed by atoms with E-state index in [2.05, 4.69) is 53.9 Å². The lowest BCUT2D eigenvalue weighted by Gasteiger charge is -2.14. The van der Waals surface area contributed by atoms with Crippen molar-refractivity contribution in [2.24, 2.45) is 0 Å². The first-order chi connectivity index (χ1) is 5.08. The molecule has 1 aromatic rings. The average Bonchev–Trinajstić information content (AvgIpc) is 1.85. The molecule has 1 nitrogen and oxygen atoms in total. The van der Waals surface area contributed by atoms with Gasteiger partial charge in [-0.05, 0) is 53.9 Å². The second kappa shape index (κ2) is 3.92. The third kappa shape index (κ3) is 4.13. The molecule has 0 fully saturated rings. The first kappa shape index (κ1) is 9.55. The van der Waals surface area contributed by atoms with Gasteiger partial charge in [-0.15, -0.1) is 0 Å². The summed E-state index contributed by atoms with van der Waals surface area (Å²) >= 11 is 9.62. The van der Waals surface area contributed by atoms with Gasteiger partial charge < -0.3 is 4.74 Å². The second-order valence-corrected chi connectivity index (χ2v) is 8.32. The van der Waals surface area contributed by atoms with Crippen molar-refractivity contribution in [1.29, 1.82) is 0 Å². The van der Waals surface area contributed by atoms with Crippen LogP contribution in [-0.4, -0.2) is 2.33 Å². The Balaban J connectivity index is 2.66. The average molecular weight is 344 g/mol. The van der Waals surface area contributed by atoms with Crippen molar-refractivity contribution in [3.05, 3.63) is 30.3 Å². The molecule has 11 heavy (non-hydrogen) atoms. The number of ether oxygens (including phenoxy) is 1. The van der Waals surface area contributed by atoms with Gasteiger partial charge in [0, 0.05) is 6.07 Å². The summed E-state index contributed by atoms with van der Waals surface area (Å²) in [5.41, 5.74) is 0. The van der Waals surface area contributed by atoms with Gasteiger partial charge in [0.05, 0.1) is 0 Å². The number of halogens is 3. The van der Waals surface area contributed by atoms with Crippen molar-refractivity contribution in [3.63, 3.8) is 0 Å². The molecule has 0 atom stereocenters. The van der Waals surface area contributed by atoms with Gasteiger partial charge in [-0.25, -0.2) is 0 Å². The first-order valence-electron chi connectivity index (χ1n) is 2.80. The molecule has 0 spiro atoms. The number of hydrogen-bond acceptors (Lipinski definition) is 1. The van der Waals surface area contributed by atoms with Crippen molar-refractivity contribution in [2.75, 3.05) is 0 Å². The highest BCUT2D eigenvalue weighted by Gasteiger charge is 2.18. The van der Waals surface area contributed by atoms with Crippen LogP contribution in [0, 0.1) is 6.07 Å². The standard InChI is InChI=1S/C7H4Br3O/c8-7(9,10)11-6-4-2-1-3-5-6/h1-4H. The molecule has 0 amide bonds. The van der Waals surface area contributed by atoms with Gasteiger partial charge in [0.15, 0.2) is 0 Å². The molecule has 0 aliphatic rings. The largest absolute Gasteiger partial charge is 0.456 e. The minimum Gasteiger partial charge on any atom is -0.456 e. The quantitative estimate of drug-likeness (QED) is 0.707. The van der Waals surface area contributed by atoms with Gasteiger partial charge >= 0.3 is 0 Å². The van der Waals surface area contributed by atoms with Crippen LogP contribution in [0.5, 0.6) is 5.75 Å². The summed E-state index contributed by atoms with van der Waals surface area (Å²) in [6.45, 7) is 0. The van der Waals surface area contributed by atoms with E-state index in [1.165, 1.54) is 0 Å². The molecule has 0 heterocycles. The van der Waals surface area contributed by atoms with E-state index in [0.29, 0.717) is 5.75 Å². The van der Waals surface area contributed by atoms with Gasteiger partial charge in [-0.3, -0.25) is 0 Å². The van der Waals surface area contributed by atoms with E-state index >= 15 is 0 Å². The summed E-state index contributed by atoms with van der Waals surface area (Å²) in [5.74, 6) is 0.665. The first-order valence-corrected chi connectivity index (χ1v) is 5.18. The maximum absolute atomic E-state index is 5.30. The molecule has 0 aromatic heterocycles. The van der Waals surface area contributed by atoms with Crippen molar-refractivity contribution in [1.82, 2.24) is 0 Å². The molecule has 59 valence electrons. The number of hydrogen-bond donors (Lipinski definition) is 0. The normalized spacial score (nSPS) is 11.2. The lowest BCUT2D eigenvalue weighted by molar-refractivity contribution is 0.356. The molecular weight excluding hydrogens is 340 g/mol. The van der Waals surface area contributed by atoms with Crippen LogP contribution in [0.4, 0.5) is 0 Å². The predicted molar refractivity (Wildman–Crippen MR) is 55.4 cm³/mol. The van der Waals surface area contributed by atoms with Gasteiger partial charge in [-0.1, -0.05) is 18.2 Å². The summed E-state index contributed by atoms with van der Waals surface area (Å²) in [7, 11) is 0. The minimum atomic E-state index is -0.690. The Bertz CT molecular complexity index is 217. The molecule has 0 aliphatic heterocycles. The zero-order valence-electron chi connectivity index (χ0n) is 5.35. The van der Waals surface area contributed by atoms with Gasteiger partial charge in [0.2, 0.25) is 0 Å². The molecule has 1 aromatic carbocycles. The Kier molecular flexibility index (Phi) is 3.40. The van der Waals surface area contributed by atoms with Gasteiger partial charge in [0.25, 0.3) is 2.33 Å². The Labute approximate surface area is 90.5 Å². The van der Waals surface area contributed by atoms with Crippen molar-refractivity contribution >= 4 is 47.8 Å². The molecule has 1 rings (SSSR count). The Morgan fingerprint density at radius 2 is 2.00 bits per heavy atom. The van der Waals surface area contributed by atoms with Crippen LogP contribution >= 0.6 is 47.8 Å². The Hall–Kier alpha value is 0.460. The molecule has 0 saturated carbocycles. The number of benzene rings is 1. The van der Waals surface area contributed by atoms with Gasteiger partial charge in [0.1, 0.15) is 5.75 Å². The fraction of sp³-hybridized carbons (Fsp3) is 0.143. The summed E-state index contributed by atoms with van der Waals surface area (Å²) in [6, 6.07) is 10.3. The third-order valence-electron chi connectivity index (χ3n) is 0.906. The molecule has 0 aliphatic carbocycles. The fourth-order valence-electron chi connectivity index (χ4n) is 0.565. The smallest absolute Gasteiger partial charge is 0.272 e. The number of para-hydroxylation sites is 1. The maximum Gasteiger partial charge on any atom is 0.272 e. The van der Waals surface area contributed by atoms with Crippen LogP contribution in [0.3, 0.4) is 0 Å². The summed E-state index contributed by atoms with van der Waals surface area (Å²) in [5, 5.41) is 0. The third-order valence-corrected chi connectivity index (χ3v) is 1.39. The van der Waals surface area contributed by atoms with Crippen LogP contribution in [0.2, 0.25) is 0 Å². The molecular formula is C7H4Br3O. The van der Waals surface area contributed by atoms with E-state index in [1.54, 1.807) is 6.07 Å². The van der Waals surface area contributed by atoms with Crippen LogP contribution in [0.1, 0.15) is 0 Å². The van der Waals surface area contributed by atoms with Crippen LogP contribution in [0.25, 0.3) is 0 Å². The van der Waals surface area contributed by atoms with E-state index in [0.717, 1.165) is 0 Å². The Morgan fingerprint density at radius 3 is 2.45 bits per heavy atom. The van der Waals surface area contributed by atoms with E-state index < -0.39 is 2.33 Å². The Morgan fingerprint density at radius 1 is 1.27 bits per heavy atom. The van der Waals surface area contributed by atoms with E-state index in [4.69, 9.17) is 4.74 Å². The topological polar surface area (TPSA) is 9.23 Å². The van der Waals surface area contributed by atoms with Crippen molar-refractivity contribution in [2.45, 2.75) is 2.33 Å². The molecule has 0 bridgehead atoms. The highest BCUT2D eigenvalue weighted by molar-refractivity contribution is 9.39. The number of alkyl halides is 3. The highest BCUT2D eigenvalue weighted by atomic mass is 80.0. The van der Waals surface area contributed by atoms with E-state index in [1.807, 2.05) is 18.2 Å². The predicted octanol–water partition coefficient (Wildman–Crippen LogP) is 3.66. The van der Waals surface area contributed by atoms with Crippen LogP contribution < -0.4 is 4.74 Å². The maximum atomic E-state index is 5.30. The zero-order valence-corrected chi connectivity index (χ0v) is 10.1. The summed E-state index contributed by atoms with van der Waals surface area (Å²) in [4.78, 5) is 0. The monoisotopic (exact) mass is 341 g/mol. The fourth-order valence-corrected chi connectivity index (χ4v) is 1.09. The van der Waals surface area contributed by atoms with Gasteiger partial charge in [-0.2, -0.15) is 0 Å². The van der Waals surface area contributed by atoms with Crippen molar-refractivity contribution < 1.29 is 4.74 Å². The van der Waals surface area contributed by atoms with Crippen LogP contribution in [-0.2, 0) is 0 Å². The van der Waals surface area contributed by atoms with E-state index in [-0.39, 0.29) is 0 Å².